The zero-order valence-electron chi connectivity index (χ0n) is 11.1. The summed E-state index contributed by atoms with van der Waals surface area (Å²) in [5.41, 5.74) is 0.291. The van der Waals surface area contributed by atoms with Crippen LogP contribution in [0.25, 0.3) is 0 Å². The van der Waals surface area contributed by atoms with E-state index in [4.69, 9.17) is 4.74 Å². The van der Waals surface area contributed by atoms with Crippen molar-refractivity contribution in [1.82, 2.24) is 5.32 Å². The van der Waals surface area contributed by atoms with E-state index in [0.29, 0.717) is 17.9 Å². The molecule has 0 aliphatic rings. The lowest BCUT2D eigenvalue weighted by Gasteiger charge is -2.12. The maximum absolute atomic E-state index is 13.2. The third kappa shape index (κ3) is 5.56. The summed E-state index contributed by atoms with van der Waals surface area (Å²) >= 11 is 0. The highest BCUT2D eigenvalue weighted by atomic mass is 19.1. The molecule has 6 heteroatoms. The van der Waals surface area contributed by atoms with E-state index in [1.165, 1.54) is 25.3 Å². The van der Waals surface area contributed by atoms with Crippen molar-refractivity contribution in [2.24, 2.45) is 0 Å². The van der Waals surface area contributed by atoms with E-state index in [0.717, 1.165) is 6.42 Å². The van der Waals surface area contributed by atoms with E-state index >= 15 is 0 Å². The van der Waals surface area contributed by atoms with Gasteiger partial charge in [0.15, 0.2) is 0 Å². The number of halogens is 1. The second-order valence-electron chi connectivity index (χ2n) is 4.16. The first-order chi connectivity index (χ1) is 9.05. The molecule has 0 saturated heterocycles. The molecule has 0 aromatic heterocycles. The first kappa shape index (κ1) is 15.2. The number of hydrogen-bond acceptors (Lipinski definition) is 3. The zero-order chi connectivity index (χ0) is 14.3. The van der Waals surface area contributed by atoms with E-state index in [-0.39, 0.29) is 6.54 Å². The van der Waals surface area contributed by atoms with Gasteiger partial charge in [-0.05, 0) is 12.5 Å². The van der Waals surface area contributed by atoms with E-state index in [1.807, 2.05) is 6.92 Å². The molecule has 0 fully saturated rings. The molecule has 19 heavy (non-hydrogen) atoms. The predicted molar refractivity (Wildman–Crippen MR) is 70.9 cm³/mol. The number of amides is 2. The van der Waals surface area contributed by atoms with Gasteiger partial charge in [-0.3, -0.25) is 0 Å². The van der Waals surface area contributed by atoms with Crippen LogP contribution >= 0.6 is 0 Å². The molecule has 1 atom stereocenters. The van der Waals surface area contributed by atoms with Crippen LogP contribution in [0.1, 0.15) is 19.8 Å². The number of carbonyl (C=O) groups is 1. The molecule has 0 aliphatic heterocycles. The molecule has 0 radical (unpaired) electrons. The SMILES string of the molecule is CCCC(O)CNC(=O)Nc1cc(F)cc(OC)c1. The fraction of sp³-hybridized carbons (Fsp3) is 0.462. The fourth-order valence-electron chi connectivity index (χ4n) is 1.57. The average molecular weight is 270 g/mol. The number of anilines is 1. The Labute approximate surface area is 111 Å². The highest BCUT2D eigenvalue weighted by Crippen LogP contribution is 2.19. The maximum Gasteiger partial charge on any atom is 0.319 e. The van der Waals surface area contributed by atoms with Crippen LogP contribution in [0, 0.1) is 5.82 Å². The first-order valence-electron chi connectivity index (χ1n) is 6.12. The standard InChI is InChI=1S/C13H19FN2O3/c1-3-4-11(17)8-15-13(18)16-10-5-9(14)6-12(7-10)19-2/h5-7,11,17H,3-4,8H2,1-2H3,(H2,15,16,18). The smallest absolute Gasteiger partial charge is 0.319 e. The van der Waals surface area contributed by atoms with Crippen molar-refractivity contribution in [3.8, 4) is 5.75 Å². The molecule has 0 bridgehead atoms. The van der Waals surface area contributed by atoms with Gasteiger partial charge in [0.1, 0.15) is 11.6 Å². The number of hydrogen-bond donors (Lipinski definition) is 3. The molecule has 1 unspecified atom stereocenters. The van der Waals surface area contributed by atoms with Crippen molar-refractivity contribution in [2.75, 3.05) is 19.0 Å². The Morgan fingerprint density at radius 1 is 1.47 bits per heavy atom. The Hall–Kier alpha value is -1.82. The van der Waals surface area contributed by atoms with E-state index in [1.54, 1.807) is 0 Å². The number of methoxy groups -OCH3 is 1. The molecular weight excluding hydrogens is 251 g/mol. The largest absolute Gasteiger partial charge is 0.497 e. The van der Waals surface area contributed by atoms with Gasteiger partial charge in [0.05, 0.1) is 13.2 Å². The van der Waals surface area contributed by atoms with Crippen LogP contribution in [0.3, 0.4) is 0 Å². The van der Waals surface area contributed by atoms with Crippen molar-refractivity contribution >= 4 is 11.7 Å². The zero-order valence-corrected chi connectivity index (χ0v) is 11.1. The fourth-order valence-corrected chi connectivity index (χ4v) is 1.57. The van der Waals surface area contributed by atoms with Crippen molar-refractivity contribution in [3.05, 3.63) is 24.0 Å². The number of rotatable bonds is 6. The van der Waals surface area contributed by atoms with Gasteiger partial charge in [-0.15, -0.1) is 0 Å². The summed E-state index contributed by atoms with van der Waals surface area (Å²) in [6.45, 7) is 2.11. The molecule has 0 heterocycles. The Morgan fingerprint density at radius 3 is 2.84 bits per heavy atom. The molecule has 3 N–H and O–H groups in total. The van der Waals surface area contributed by atoms with Crippen LogP contribution in [0.5, 0.6) is 5.75 Å². The summed E-state index contributed by atoms with van der Waals surface area (Å²) in [6.07, 6.45) is 0.886. The number of urea groups is 1. The topological polar surface area (TPSA) is 70.6 Å². The number of aliphatic hydroxyl groups is 1. The Morgan fingerprint density at radius 2 is 2.21 bits per heavy atom. The van der Waals surface area contributed by atoms with Gasteiger partial charge in [-0.25, -0.2) is 9.18 Å². The van der Waals surface area contributed by atoms with Gasteiger partial charge < -0.3 is 20.5 Å². The quantitative estimate of drug-likeness (QED) is 0.741. The number of benzene rings is 1. The van der Waals surface area contributed by atoms with Gasteiger partial charge >= 0.3 is 6.03 Å². The molecule has 0 saturated carbocycles. The molecule has 1 rings (SSSR count). The average Bonchev–Trinajstić information content (AvgIpc) is 2.36. The van der Waals surface area contributed by atoms with Gasteiger partial charge in [-0.2, -0.15) is 0 Å². The minimum absolute atomic E-state index is 0.159. The normalized spacial score (nSPS) is 11.8. The molecule has 106 valence electrons. The van der Waals surface area contributed by atoms with Gasteiger partial charge in [0.25, 0.3) is 0 Å². The lowest BCUT2D eigenvalue weighted by molar-refractivity contribution is 0.162. The van der Waals surface area contributed by atoms with Gasteiger partial charge in [-0.1, -0.05) is 13.3 Å². The Bertz CT molecular complexity index is 426. The van der Waals surface area contributed by atoms with Crippen molar-refractivity contribution in [1.29, 1.82) is 0 Å². The van der Waals surface area contributed by atoms with Gasteiger partial charge in [0.2, 0.25) is 0 Å². The van der Waals surface area contributed by atoms with E-state index in [2.05, 4.69) is 10.6 Å². The van der Waals surface area contributed by atoms with Crippen LogP contribution < -0.4 is 15.4 Å². The summed E-state index contributed by atoms with van der Waals surface area (Å²) in [7, 11) is 1.42. The molecule has 2 amide bonds. The monoisotopic (exact) mass is 270 g/mol. The number of carbonyl (C=O) groups excluding carboxylic acids is 1. The molecule has 5 nitrogen and oxygen atoms in total. The molecule has 1 aromatic carbocycles. The van der Waals surface area contributed by atoms with Crippen molar-refractivity contribution < 1.29 is 19.0 Å². The summed E-state index contributed by atoms with van der Waals surface area (Å²) in [5, 5.41) is 14.5. The summed E-state index contributed by atoms with van der Waals surface area (Å²) in [6, 6.07) is 3.41. The summed E-state index contributed by atoms with van der Waals surface area (Å²) < 4.78 is 18.1. The minimum Gasteiger partial charge on any atom is -0.497 e. The van der Waals surface area contributed by atoms with Crippen LogP contribution in [0.2, 0.25) is 0 Å². The van der Waals surface area contributed by atoms with Crippen LogP contribution in [-0.2, 0) is 0 Å². The van der Waals surface area contributed by atoms with Crippen molar-refractivity contribution in [2.45, 2.75) is 25.9 Å². The lowest BCUT2D eigenvalue weighted by atomic mass is 10.2. The Balaban J connectivity index is 2.50. The van der Waals surface area contributed by atoms with Crippen molar-refractivity contribution in [3.63, 3.8) is 0 Å². The van der Waals surface area contributed by atoms with Gasteiger partial charge in [0, 0.05) is 24.4 Å². The van der Waals surface area contributed by atoms with E-state index in [9.17, 15) is 14.3 Å². The minimum atomic E-state index is -0.571. The number of aliphatic hydroxyl groups excluding tert-OH is 1. The Kier molecular flexibility index (Phi) is 6.08. The maximum atomic E-state index is 13.2. The van der Waals surface area contributed by atoms with Crippen LogP contribution in [0.4, 0.5) is 14.9 Å². The molecule has 1 aromatic rings. The lowest BCUT2D eigenvalue weighted by Crippen LogP contribution is -2.35. The third-order valence-electron chi connectivity index (χ3n) is 2.49. The molecular formula is C13H19FN2O3. The molecule has 0 aliphatic carbocycles. The number of nitrogens with one attached hydrogen (secondary N) is 2. The number of ether oxygens (including phenoxy) is 1. The van der Waals surface area contributed by atoms with Crippen LogP contribution in [-0.4, -0.2) is 30.9 Å². The summed E-state index contributed by atoms with van der Waals surface area (Å²) in [5.74, 6) is -0.179. The third-order valence-corrected chi connectivity index (χ3v) is 2.49. The highest BCUT2D eigenvalue weighted by molar-refractivity contribution is 5.89. The second kappa shape index (κ2) is 7.58. The molecule has 0 spiro atoms. The first-order valence-corrected chi connectivity index (χ1v) is 6.12. The van der Waals surface area contributed by atoms with E-state index < -0.39 is 18.0 Å². The predicted octanol–water partition coefficient (Wildman–Crippen LogP) is 2.12. The summed E-state index contributed by atoms with van der Waals surface area (Å²) in [4.78, 5) is 11.5. The highest BCUT2D eigenvalue weighted by Gasteiger charge is 2.07. The van der Waals surface area contributed by atoms with Crippen LogP contribution in [0.15, 0.2) is 18.2 Å². The second-order valence-corrected chi connectivity index (χ2v) is 4.16.